The molecule has 0 unspecified atom stereocenters. The fraction of sp³-hybridized carbons (Fsp3) is 0.846. The first kappa shape index (κ1) is 12.2. The highest BCUT2D eigenvalue weighted by molar-refractivity contribution is 5.70. The third-order valence-corrected chi connectivity index (χ3v) is 3.65. The first-order valence-corrected chi connectivity index (χ1v) is 6.27. The predicted molar refractivity (Wildman–Crippen MR) is 63.2 cm³/mol. The number of ether oxygens (including phenoxy) is 1. The van der Waals surface area contributed by atoms with Crippen LogP contribution in [0.15, 0.2) is 0 Å². The maximum absolute atomic E-state index is 12.1. The Morgan fingerprint density at radius 2 is 2.12 bits per heavy atom. The third-order valence-electron chi connectivity index (χ3n) is 3.65. The van der Waals surface area contributed by atoms with Crippen molar-refractivity contribution in [2.75, 3.05) is 6.54 Å². The Morgan fingerprint density at radius 1 is 1.47 bits per heavy atom. The maximum Gasteiger partial charge on any atom is 0.410 e. The van der Waals surface area contributed by atoms with Gasteiger partial charge in [-0.3, -0.25) is 0 Å². The number of carbonyl (C=O) groups excluding carboxylic acids is 1. The summed E-state index contributed by atoms with van der Waals surface area (Å²) in [7, 11) is 0. The van der Waals surface area contributed by atoms with E-state index in [2.05, 4.69) is 6.07 Å². The van der Waals surface area contributed by atoms with Gasteiger partial charge < -0.3 is 9.64 Å². The average molecular weight is 236 g/mol. The van der Waals surface area contributed by atoms with Crippen molar-refractivity contribution >= 4 is 6.09 Å². The fourth-order valence-corrected chi connectivity index (χ4v) is 2.91. The predicted octanol–water partition coefficient (Wildman–Crippen LogP) is 2.69. The van der Waals surface area contributed by atoms with Crippen molar-refractivity contribution in [3.8, 4) is 6.07 Å². The largest absolute Gasteiger partial charge is 0.444 e. The zero-order valence-electron chi connectivity index (χ0n) is 10.8. The third kappa shape index (κ3) is 2.24. The van der Waals surface area contributed by atoms with Gasteiger partial charge in [0.2, 0.25) is 0 Å². The molecule has 2 fully saturated rings. The molecular formula is C13H20N2O2. The molecule has 1 amide bonds. The second-order valence-electron chi connectivity index (χ2n) is 6.19. The molecule has 1 aliphatic heterocycles. The molecule has 0 aromatic rings. The fourth-order valence-electron chi connectivity index (χ4n) is 2.91. The van der Waals surface area contributed by atoms with Gasteiger partial charge in [-0.1, -0.05) is 0 Å². The molecule has 0 atom stereocenters. The summed E-state index contributed by atoms with van der Waals surface area (Å²) in [5.74, 6) is 0.123. The Bertz CT molecular complexity index is 359. The van der Waals surface area contributed by atoms with Crippen LogP contribution in [0.4, 0.5) is 4.79 Å². The number of hydrogen-bond donors (Lipinski definition) is 0. The van der Waals surface area contributed by atoms with E-state index in [1.165, 1.54) is 0 Å². The lowest BCUT2D eigenvalue weighted by atomic mass is 9.67. The van der Waals surface area contributed by atoms with E-state index in [0.717, 1.165) is 32.2 Å². The number of likely N-dealkylation sites (tertiary alicyclic amines) is 1. The molecule has 4 nitrogen and oxygen atoms in total. The number of rotatable bonds is 0. The van der Waals surface area contributed by atoms with Gasteiger partial charge in [-0.25, -0.2) is 4.79 Å². The molecule has 2 aliphatic rings. The van der Waals surface area contributed by atoms with E-state index in [0.29, 0.717) is 0 Å². The van der Waals surface area contributed by atoms with Crippen LogP contribution in [0.1, 0.15) is 46.5 Å². The van der Waals surface area contributed by atoms with Crippen LogP contribution in [0.2, 0.25) is 0 Å². The quantitative estimate of drug-likeness (QED) is 0.649. The summed E-state index contributed by atoms with van der Waals surface area (Å²) >= 11 is 0. The minimum Gasteiger partial charge on any atom is -0.444 e. The lowest BCUT2D eigenvalue weighted by Crippen LogP contribution is -2.56. The zero-order valence-corrected chi connectivity index (χ0v) is 10.8. The van der Waals surface area contributed by atoms with Gasteiger partial charge in [0.15, 0.2) is 0 Å². The number of amides is 1. The molecular weight excluding hydrogens is 216 g/mol. The van der Waals surface area contributed by atoms with Crippen LogP contribution in [0.3, 0.4) is 0 Å². The van der Waals surface area contributed by atoms with E-state index in [1.54, 1.807) is 0 Å². The van der Waals surface area contributed by atoms with Gasteiger partial charge >= 0.3 is 6.09 Å². The molecule has 17 heavy (non-hydrogen) atoms. The van der Waals surface area contributed by atoms with Gasteiger partial charge in [0.05, 0.1) is 12.0 Å². The van der Waals surface area contributed by atoms with Crippen molar-refractivity contribution in [3.05, 3.63) is 0 Å². The molecule has 1 saturated heterocycles. The van der Waals surface area contributed by atoms with Crippen LogP contribution in [-0.2, 0) is 4.74 Å². The highest BCUT2D eigenvalue weighted by Crippen LogP contribution is 2.49. The van der Waals surface area contributed by atoms with Crippen molar-refractivity contribution in [1.82, 2.24) is 4.90 Å². The Kier molecular flexibility index (Phi) is 2.81. The summed E-state index contributed by atoms with van der Waals surface area (Å²) in [5.41, 5.74) is -0.512. The first-order valence-electron chi connectivity index (χ1n) is 6.27. The molecule has 1 spiro atoms. The van der Waals surface area contributed by atoms with Crippen LogP contribution in [-0.4, -0.2) is 28.7 Å². The Hall–Kier alpha value is -1.24. The molecule has 0 bridgehead atoms. The average Bonchev–Trinajstić information content (AvgIpc) is 2.55. The van der Waals surface area contributed by atoms with Crippen LogP contribution < -0.4 is 0 Å². The number of nitriles is 1. The van der Waals surface area contributed by atoms with E-state index in [1.807, 2.05) is 25.7 Å². The van der Waals surface area contributed by atoms with Gasteiger partial charge in [-0.05, 0) is 46.5 Å². The van der Waals surface area contributed by atoms with E-state index in [9.17, 15) is 4.79 Å². The Morgan fingerprint density at radius 3 is 2.65 bits per heavy atom. The Balaban J connectivity index is 2.02. The second kappa shape index (κ2) is 3.90. The standard InChI is InChI=1S/C13H20N2O2/c1-12(2,3)17-11(16)15-6-4-5-13(15)7-10(8-13)9-14/h10H,4-8H2,1-3H3. The van der Waals surface area contributed by atoms with Gasteiger partial charge in [0.25, 0.3) is 0 Å². The molecule has 0 aromatic heterocycles. The van der Waals surface area contributed by atoms with Crippen LogP contribution in [0.5, 0.6) is 0 Å². The maximum atomic E-state index is 12.1. The van der Waals surface area contributed by atoms with Crippen LogP contribution >= 0.6 is 0 Å². The van der Waals surface area contributed by atoms with E-state index in [4.69, 9.17) is 10.00 Å². The lowest BCUT2D eigenvalue weighted by Gasteiger charge is -2.48. The van der Waals surface area contributed by atoms with Crippen LogP contribution in [0, 0.1) is 17.2 Å². The van der Waals surface area contributed by atoms with E-state index >= 15 is 0 Å². The number of hydrogen-bond acceptors (Lipinski definition) is 3. The first-order chi connectivity index (χ1) is 7.86. The van der Waals surface area contributed by atoms with Crippen molar-refractivity contribution in [1.29, 1.82) is 5.26 Å². The monoisotopic (exact) mass is 236 g/mol. The smallest absolute Gasteiger partial charge is 0.410 e. The van der Waals surface area contributed by atoms with Gasteiger partial charge in [0, 0.05) is 12.1 Å². The molecule has 1 heterocycles. The molecule has 0 N–H and O–H groups in total. The number of nitrogens with zero attached hydrogens (tertiary/aromatic N) is 2. The van der Waals surface area contributed by atoms with Crippen molar-refractivity contribution in [3.63, 3.8) is 0 Å². The number of carbonyl (C=O) groups is 1. The summed E-state index contributed by atoms with van der Waals surface area (Å²) in [6.07, 6.45) is 3.47. The van der Waals surface area contributed by atoms with Crippen molar-refractivity contribution < 1.29 is 9.53 Å². The molecule has 1 aliphatic carbocycles. The molecule has 2 rings (SSSR count). The SMILES string of the molecule is CC(C)(C)OC(=O)N1CCCC12CC(C#N)C2. The molecule has 94 valence electrons. The summed E-state index contributed by atoms with van der Waals surface area (Å²) in [4.78, 5) is 13.9. The topological polar surface area (TPSA) is 53.3 Å². The summed E-state index contributed by atoms with van der Waals surface area (Å²) < 4.78 is 5.43. The Labute approximate surface area is 103 Å². The van der Waals surface area contributed by atoms with Gasteiger partial charge in [-0.15, -0.1) is 0 Å². The highest BCUT2D eigenvalue weighted by atomic mass is 16.6. The van der Waals surface area contributed by atoms with Gasteiger partial charge in [-0.2, -0.15) is 5.26 Å². The minimum atomic E-state index is -0.445. The lowest BCUT2D eigenvalue weighted by molar-refractivity contribution is -0.0190. The molecule has 4 heteroatoms. The van der Waals surface area contributed by atoms with Crippen LogP contribution in [0.25, 0.3) is 0 Å². The zero-order chi connectivity index (χ0) is 12.7. The summed E-state index contributed by atoms with van der Waals surface area (Å²) in [5, 5.41) is 8.86. The van der Waals surface area contributed by atoms with E-state index < -0.39 is 5.60 Å². The minimum absolute atomic E-state index is 0.0667. The normalized spacial score (nSPS) is 32.1. The molecule has 1 saturated carbocycles. The molecule has 0 radical (unpaired) electrons. The van der Waals surface area contributed by atoms with E-state index in [-0.39, 0.29) is 17.6 Å². The second-order valence-corrected chi connectivity index (χ2v) is 6.19. The summed E-state index contributed by atoms with van der Waals surface area (Å²) in [6.45, 7) is 6.42. The summed E-state index contributed by atoms with van der Waals surface area (Å²) in [6, 6.07) is 2.28. The van der Waals surface area contributed by atoms with Gasteiger partial charge in [0.1, 0.15) is 5.60 Å². The highest BCUT2D eigenvalue weighted by Gasteiger charge is 2.53. The molecule has 0 aromatic carbocycles. The van der Waals surface area contributed by atoms with Crippen molar-refractivity contribution in [2.45, 2.75) is 57.6 Å². The van der Waals surface area contributed by atoms with Crippen molar-refractivity contribution in [2.24, 2.45) is 5.92 Å².